The number of carbonyl (C=O) groups excluding carboxylic acids is 1. The second-order valence-corrected chi connectivity index (χ2v) is 6.09. The third kappa shape index (κ3) is 3.78. The Labute approximate surface area is 134 Å². The summed E-state index contributed by atoms with van der Waals surface area (Å²) in [4.78, 5) is 23.9. The number of halogens is 1. The van der Waals surface area contributed by atoms with Gasteiger partial charge in [-0.3, -0.25) is 4.79 Å². The highest BCUT2D eigenvalue weighted by Gasteiger charge is 2.42. The molecular formula is C16H20ClNO4. The largest absolute Gasteiger partial charge is 0.480 e. The first kappa shape index (κ1) is 16.8. The van der Waals surface area contributed by atoms with Gasteiger partial charge in [0.15, 0.2) is 0 Å². The number of hydrogen-bond donors (Lipinski definition) is 2. The lowest BCUT2D eigenvalue weighted by atomic mass is 9.88. The monoisotopic (exact) mass is 325 g/mol. The summed E-state index contributed by atoms with van der Waals surface area (Å²) in [5, 5.41) is 12.8. The average molecular weight is 326 g/mol. The summed E-state index contributed by atoms with van der Waals surface area (Å²) in [6, 6.07) is 7.34. The number of benzene rings is 1. The molecule has 1 aliphatic rings. The molecule has 1 amide bonds. The molecule has 0 aliphatic carbocycles. The molecule has 1 aromatic carbocycles. The first-order valence-electron chi connectivity index (χ1n) is 7.31. The number of nitrogens with one attached hydrogen (secondary N) is 1. The Morgan fingerprint density at radius 2 is 2.00 bits per heavy atom. The van der Waals surface area contributed by atoms with Gasteiger partial charge in [0.25, 0.3) is 0 Å². The Morgan fingerprint density at radius 1 is 1.36 bits per heavy atom. The predicted octanol–water partition coefficient (Wildman–Crippen LogP) is 2.27. The lowest BCUT2D eigenvalue weighted by Crippen LogP contribution is -2.58. The van der Waals surface area contributed by atoms with Gasteiger partial charge in [0.2, 0.25) is 5.91 Å². The van der Waals surface area contributed by atoms with Gasteiger partial charge in [-0.1, -0.05) is 36.7 Å². The number of hydrogen-bond acceptors (Lipinski definition) is 3. The van der Waals surface area contributed by atoms with Crippen molar-refractivity contribution in [1.82, 2.24) is 5.32 Å². The fourth-order valence-electron chi connectivity index (χ4n) is 2.56. The van der Waals surface area contributed by atoms with Crippen molar-refractivity contribution >= 4 is 23.5 Å². The van der Waals surface area contributed by atoms with Crippen molar-refractivity contribution in [1.29, 1.82) is 0 Å². The second-order valence-electron chi connectivity index (χ2n) is 5.69. The number of carboxylic acids is 1. The van der Waals surface area contributed by atoms with E-state index in [1.54, 1.807) is 13.0 Å². The lowest BCUT2D eigenvalue weighted by Gasteiger charge is -2.34. The van der Waals surface area contributed by atoms with Gasteiger partial charge in [0.05, 0.1) is 0 Å². The number of aliphatic carboxylic acids is 1. The van der Waals surface area contributed by atoms with Crippen LogP contribution in [0.3, 0.4) is 0 Å². The fraction of sp³-hybridized carbons (Fsp3) is 0.500. The van der Waals surface area contributed by atoms with Crippen LogP contribution in [-0.2, 0) is 20.7 Å². The summed E-state index contributed by atoms with van der Waals surface area (Å²) in [7, 11) is 0. The number of rotatable bonds is 5. The number of amides is 1. The van der Waals surface area contributed by atoms with Crippen LogP contribution < -0.4 is 5.32 Å². The molecule has 1 fully saturated rings. The quantitative estimate of drug-likeness (QED) is 0.870. The van der Waals surface area contributed by atoms with Gasteiger partial charge in [-0.2, -0.15) is 0 Å². The van der Waals surface area contributed by atoms with E-state index in [0.29, 0.717) is 24.7 Å². The van der Waals surface area contributed by atoms with E-state index >= 15 is 0 Å². The molecule has 2 N–H and O–H groups in total. The van der Waals surface area contributed by atoms with Crippen molar-refractivity contribution in [2.24, 2.45) is 5.92 Å². The standard InChI is InChI=1S/C16H20ClNO4/c1-11(10-12-4-2-3-5-13(12)17)14(19)18-16(15(20)21)6-8-22-9-7-16/h2-5,11H,6-10H2,1H3,(H,18,19)(H,20,21). The van der Waals surface area contributed by atoms with Gasteiger partial charge in [-0.15, -0.1) is 0 Å². The van der Waals surface area contributed by atoms with Gasteiger partial charge >= 0.3 is 5.97 Å². The normalized spacial score (nSPS) is 18.5. The van der Waals surface area contributed by atoms with Gasteiger partial charge in [-0.05, 0) is 18.1 Å². The van der Waals surface area contributed by atoms with Gasteiger partial charge < -0.3 is 15.2 Å². The molecule has 1 unspecified atom stereocenters. The number of ether oxygens (including phenoxy) is 1. The number of carbonyl (C=O) groups is 2. The van der Waals surface area contributed by atoms with Crippen LogP contribution in [0.1, 0.15) is 25.3 Å². The Balaban J connectivity index is 2.04. The van der Waals surface area contributed by atoms with Crippen molar-refractivity contribution < 1.29 is 19.4 Å². The highest BCUT2D eigenvalue weighted by atomic mass is 35.5. The summed E-state index contributed by atoms with van der Waals surface area (Å²) in [5.74, 6) is -1.64. The van der Waals surface area contributed by atoms with Crippen molar-refractivity contribution in [3.63, 3.8) is 0 Å². The first-order valence-corrected chi connectivity index (χ1v) is 7.69. The van der Waals surface area contributed by atoms with E-state index in [9.17, 15) is 14.7 Å². The van der Waals surface area contributed by atoms with E-state index in [4.69, 9.17) is 16.3 Å². The third-order valence-electron chi connectivity index (χ3n) is 4.05. The maximum atomic E-state index is 12.4. The van der Waals surface area contributed by atoms with E-state index in [0.717, 1.165) is 5.56 Å². The molecule has 1 aliphatic heterocycles. The molecule has 1 heterocycles. The zero-order chi connectivity index (χ0) is 16.2. The third-order valence-corrected chi connectivity index (χ3v) is 4.42. The molecule has 0 bridgehead atoms. The van der Waals surface area contributed by atoms with E-state index in [1.807, 2.05) is 18.2 Å². The summed E-state index contributed by atoms with van der Waals surface area (Å²) in [5.41, 5.74) is -0.340. The minimum absolute atomic E-state index is 0.274. The Kier molecular flexibility index (Phi) is 5.42. The molecule has 2 rings (SSSR count). The topological polar surface area (TPSA) is 75.6 Å². The summed E-state index contributed by atoms with van der Waals surface area (Å²) < 4.78 is 5.20. The van der Waals surface area contributed by atoms with Crippen LogP contribution in [0.5, 0.6) is 0 Å². The lowest BCUT2D eigenvalue weighted by molar-refractivity contribution is -0.152. The fourth-order valence-corrected chi connectivity index (χ4v) is 2.77. The summed E-state index contributed by atoms with van der Waals surface area (Å²) in [6.07, 6.45) is 1.04. The zero-order valence-corrected chi connectivity index (χ0v) is 13.2. The second kappa shape index (κ2) is 7.11. The van der Waals surface area contributed by atoms with Crippen LogP contribution in [0, 0.1) is 5.92 Å². The highest BCUT2D eigenvalue weighted by Crippen LogP contribution is 2.23. The number of carboxylic acid groups (broad SMARTS) is 1. The van der Waals surface area contributed by atoms with E-state index in [1.165, 1.54) is 0 Å². The molecule has 5 nitrogen and oxygen atoms in total. The highest BCUT2D eigenvalue weighted by molar-refractivity contribution is 6.31. The molecule has 0 radical (unpaired) electrons. The van der Waals surface area contributed by atoms with Crippen LogP contribution in [-0.4, -0.2) is 35.7 Å². The average Bonchev–Trinajstić information content (AvgIpc) is 2.50. The predicted molar refractivity (Wildman–Crippen MR) is 82.9 cm³/mol. The van der Waals surface area contributed by atoms with Crippen LogP contribution in [0.15, 0.2) is 24.3 Å². The van der Waals surface area contributed by atoms with Crippen LogP contribution in [0.2, 0.25) is 5.02 Å². The van der Waals surface area contributed by atoms with Gasteiger partial charge in [0, 0.05) is 37.0 Å². The molecule has 120 valence electrons. The maximum Gasteiger partial charge on any atom is 0.329 e. The van der Waals surface area contributed by atoms with Crippen molar-refractivity contribution in [2.75, 3.05) is 13.2 Å². The SMILES string of the molecule is CC(Cc1ccccc1Cl)C(=O)NC1(C(=O)O)CCOCC1. The minimum Gasteiger partial charge on any atom is -0.480 e. The Bertz CT molecular complexity index is 555. The van der Waals surface area contributed by atoms with Crippen LogP contribution in [0.4, 0.5) is 0 Å². The minimum atomic E-state index is -1.22. The van der Waals surface area contributed by atoms with Gasteiger partial charge in [-0.25, -0.2) is 4.79 Å². The molecule has 22 heavy (non-hydrogen) atoms. The van der Waals surface area contributed by atoms with Gasteiger partial charge in [0.1, 0.15) is 5.54 Å². The van der Waals surface area contributed by atoms with Crippen LogP contribution in [0.25, 0.3) is 0 Å². The molecule has 1 aromatic rings. The molecule has 0 saturated carbocycles. The summed E-state index contributed by atoms with van der Waals surface area (Å²) >= 11 is 6.10. The first-order chi connectivity index (χ1) is 10.4. The molecule has 6 heteroatoms. The van der Waals surface area contributed by atoms with E-state index in [2.05, 4.69) is 5.32 Å². The molecule has 1 atom stereocenters. The smallest absolute Gasteiger partial charge is 0.329 e. The Morgan fingerprint density at radius 3 is 2.59 bits per heavy atom. The van der Waals surface area contributed by atoms with Crippen LogP contribution >= 0.6 is 11.6 Å². The van der Waals surface area contributed by atoms with E-state index < -0.39 is 11.5 Å². The van der Waals surface area contributed by atoms with Crippen molar-refractivity contribution in [3.05, 3.63) is 34.9 Å². The Hall–Kier alpha value is -1.59. The van der Waals surface area contributed by atoms with Crippen molar-refractivity contribution in [2.45, 2.75) is 31.7 Å². The molecule has 0 aromatic heterocycles. The zero-order valence-electron chi connectivity index (χ0n) is 12.5. The van der Waals surface area contributed by atoms with Crippen molar-refractivity contribution in [3.8, 4) is 0 Å². The molecular weight excluding hydrogens is 306 g/mol. The molecule has 0 spiro atoms. The maximum absolute atomic E-state index is 12.4. The summed E-state index contributed by atoms with van der Waals surface area (Å²) in [6.45, 7) is 2.45. The molecule has 1 saturated heterocycles. The van der Waals surface area contributed by atoms with E-state index in [-0.39, 0.29) is 24.7 Å².